The van der Waals surface area contributed by atoms with Crippen LogP contribution in [0.1, 0.15) is 16.8 Å². The number of hydrogen-bond acceptors (Lipinski definition) is 2. The summed E-state index contributed by atoms with van der Waals surface area (Å²) in [4.78, 5) is 12.0. The van der Waals surface area contributed by atoms with E-state index in [9.17, 15) is 4.79 Å². The summed E-state index contributed by atoms with van der Waals surface area (Å²) in [6, 6.07) is 6.00. The zero-order valence-electron chi connectivity index (χ0n) is 11.2. The lowest BCUT2D eigenvalue weighted by atomic mass is 10.1. The van der Waals surface area contributed by atoms with Gasteiger partial charge in [-0.05, 0) is 53.9 Å². The number of carbonyl (C=O) groups excluding carboxylic acids is 1. The van der Waals surface area contributed by atoms with Crippen molar-refractivity contribution in [2.45, 2.75) is 27.3 Å². The lowest BCUT2D eigenvalue weighted by Gasteiger charge is -2.10. The van der Waals surface area contributed by atoms with Crippen molar-refractivity contribution in [3.05, 3.63) is 45.7 Å². The smallest absolute Gasteiger partial charge is 0.246 e. The fourth-order valence-corrected chi connectivity index (χ4v) is 2.08. The van der Waals surface area contributed by atoms with Crippen LogP contribution in [0.25, 0.3) is 0 Å². The first-order chi connectivity index (χ1) is 8.97. The van der Waals surface area contributed by atoms with Crippen LogP contribution in [-0.2, 0) is 11.3 Å². The Morgan fingerprint density at radius 2 is 2.11 bits per heavy atom. The predicted octanol–water partition coefficient (Wildman–Crippen LogP) is 3.21. The van der Waals surface area contributed by atoms with E-state index in [1.54, 1.807) is 10.9 Å². The second kappa shape index (κ2) is 5.57. The number of carbonyl (C=O) groups is 1. The van der Waals surface area contributed by atoms with E-state index < -0.39 is 0 Å². The fraction of sp³-hybridized carbons (Fsp3) is 0.286. The Kier molecular flexibility index (Phi) is 4.04. The Morgan fingerprint density at radius 3 is 2.74 bits per heavy atom. The van der Waals surface area contributed by atoms with Gasteiger partial charge in [0.25, 0.3) is 0 Å². The monoisotopic (exact) mass is 321 g/mol. The minimum absolute atomic E-state index is 0.0765. The highest BCUT2D eigenvalue weighted by Crippen LogP contribution is 2.17. The maximum Gasteiger partial charge on any atom is 0.246 e. The van der Waals surface area contributed by atoms with Crippen molar-refractivity contribution in [1.82, 2.24) is 9.78 Å². The van der Waals surface area contributed by atoms with Crippen LogP contribution >= 0.6 is 15.9 Å². The Hall–Kier alpha value is -1.62. The van der Waals surface area contributed by atoms with Crippen LogP contribution in [0.5, 0.6) is 0 Å². The second-order valence-electron chi connectivity index (χ2n) is 4.60. The van der Waals surface area contributed by atoms with Crippen molar-refractivity contribution < 1.29 is 4.79 Å². The van der Waals surface area contributed by atoms with E-state index in [0.717, 1.165) is 27.0 Å². The summed E-state index contributed by atoms with van der Waals surface area (Å²) in [7, 11) is 0. The van der Waals surface area contributed by atoms with Gasteiger partial charge in [0.1, 0.15) is 6.54 Å². The summed E-state index contributed by atoms with van der Waals surface area (Å²) in [5.74, 6) is -0.0765. The molecule has 1 N–H and O–H groups in total. The molecule has 1 amide bonds. The lowest BCUT2D eigenvalue weighted by Crippen LogP contribution is -2.20. The molecule has 0 aliphatic heterocycles. The van der Waals surface area contributed by atoms with Crippen LogP contribution in [0.3, 0.4) is 0 Å². The minimum Gasteiger partial charge on any atom is -0.324 e. The number of halogens is 1. The average molecular weight is 322 g/mol. The summed E-state index contributed by atoms with van der Waals surface area (Å²) < 4.78 is 2.58. The number of anilines is 1. The number of hydrogen-bond donors (Lipinski definition) is 1. The third kappa shape index (κ3) is 3.23. The van der Waals surface area contributed by atoms with Crippen LogP contribution in [0, 0.1) is 20.8 Å². The molecular weight excluding hydrogens is 306 g/mol. The first kappa shape index (κ1) is 13.8. The largest absolute Gasteiger partial charge is 0.324 e. The number of aromatic nitrogens is 2. The highest BCUT2D eigenvalue weighted by atomic mass is 79.9. The van der Waals surface area contributed by atoms with Gasteiger partial charge in [-0.2, -0.15) is 5.10 Å². The van der Waals surface area contributed by atoms with Gasteiger partial charge in [-0.1, -0.05) is 12.1 Å². The summed E-state index contributed by atoms with van der Waals surface area (Å²) in [6.45, 7) is 6.11. The minimum atomic E-state index is -0.0765. The Balaban J connectivity index is 2.09. The number of rotatable bonds is 3. The van der Waals surface area contributed by atoms with E-state index in [1.807, 2.05) is 39.0 Å². The molecular formula is C14H16BrN3O. The van der Waals surface area contributed by atoms with Crippen LogP contribution in [0.2, 0.25) is 0 Å². The van der Waals surface area contributed by atoms with Gasteiger partial charge in [0.15, 0.2) is 0 Å². The third-order valence-corrected chi connectivity index (χ3v) is 3.78. The maximum absolute atomic E-state index is 12.0. The molecule has 4 nitrogen and oxygen atoms in total. The van der Waals surface area contributed by atoms with E-state index >= 15 is 0 Å². The van der Waals surface area contributed by atoms with Crippen LogP contribution in [-0.4, -0.2) is 15.7 Å². The molecule has 0 radical (unpaired) electrons. The molecule has 0 aliphatic rings. The van der Waals surface area contributed by atoms with E-state index in [2.05, 4.69) is 26.3 Å². The molecule has 19 heavy (non-hydrogen) atoms. The summed E-state index contributed by atoms with van der Waals surface area (Å²) in [5, 5.41) is 7.07. The molecule has 2 aromatic rings. The number of nitrogens with zero attached hydrogens (tertiary/aromatic N) is 2. The summed E-state index contributed by atoms with van der Waals surface area (Å²) in [6.07, 6.45) is 1.69. The Labute approximate surface area is 120 Å². The summed E-state index contributed by atoms with van der Waals surface area (Å²) in [5.41, 5.74) is 3.97. The van der Waals surface area contributed by atoms with Crippen LogP contribution in [0.4, 0.5) is 5.69 Å². The van der Waals surface area contributed by atoms with E-state index in [4.69, 9.17) is 0 Å². The van der Waals surface area contributed by atoms with Crippen molar-refractivity contribution in [2.24, 2.45) is 0 Å². The van der Waals surface area contributed by atoms with Gasteiger partial charge in [-0.3, -0.25) is 9.48 Å². The van der Waals surface area contributed by atoms with Gasteiger partial charge in [-0.25, -0.2) is 0 Å². The van der Waals surface area contributed by atoms with Crippen molar-refractivity contribution in [3.8, 4) is 0 Å². The van der Waals surface area contributed by atoms with Crippen LogP contribution in [0.15, 0.2) is 28.9 Å². The van der Waals surface area contributed by atoms with E-state index in [1.165, 1.54) is 0 Å². The molecule has 0 saturated heterocycles. The maximum atomic E-state index is 12.0. The highest BCUT2D eigenvalue weighted by molar-refractivity contribution is 9.10. The van der Waals surface area contributed by atoms with Gasteiger partial charge in [0, 0.05) is 5.69 Å². The number of nitrogens with one attached hydrogen (secondary N) is 1. The zero-order valence-corrected chi connectivity index (χ0v) is 12.8. The average Bonchev–Trinajstić information content (AvgIpc) is 2.66. The van der Waals surface area contributed by atoms with Gasteiger partial charge in [0.05, 0.1) is 16.4 Å². The molecule has 5 heteroatoms. The van der Waals surface area contributed by atoms with Gasteiger partial charge >= 0.3 is 0 Å². The Bertz CT molecular complexity index is 619. The molecule has 0 bridgehead atoms. The van der Waals surface area contributed by atoms with Gasteiger partial charge < -0.3 is 5.32 Å². The number of amides is 1. The fourth-order valence-electron chi connectivity index (χ4n) is 1.78. The molecule has 2 rings (SSSR count). The van der Waals surface area contributed by atoms with Crippen molar-refractivity contribution in [2.75, 3.05) is 5.32 Å². The number of benzene rings is 1. The normalized spacial score (nSPS) is 10.5. The SMILES string of the molecule is Cc1ccc(C)c(NC(=O)Cn2ncc(Br)c2C)c1. The molecule has 0 atom stereocenters. The molecule has 0 aliphatic carbocycles. The van der Waals surface area contributed by atoms with Crippen molar-refractivity contribution >= 4 is 27.5 Å². The molecule has 0 spiro atoms. The van der Waals surface area contributed by atoms with Crippen molar-refractivity contribution in [3.63, 3.8) is 0 Å². The molecule has 1 aromatic heterocycles. The molecule has 1 heterocycles. The van der Waals surface area contributed by atoms with Crippen molar-refractivity contribution in [1.29, 1.82) is 0 Å². The molecule has 0 saturated carbocycles. The lowest BCUT2D eigenvalue weighted by molar-refractivity contribution is -0.116. The molecule has 100 valence electrons. The predicted molar refractivity (Wildman–Crippen MR) is 79.2 cm³/mol. The Morgan fingerprint density at radius 1 is 1.37 bits per heavy atom. The van der Waals surface area contributed by atoms with Gasteiger partial charge in [-0.15, -0.1) is 0 Å². The first-order valence-corrected chi connectivity index (χ1v) is 6.81. The van der Waals surface area contributed by atoms with Crippen LogP contribution < -0.4 is 5.32 Å². The van der Waals surface area contributed by atoms with Gasteiger partial charge in [0.2, 0.25) is 5.91 Å². The van der Waals surface area contributed by atoms with E-state index in [0.29, 0.717) is 0 Å². The second-order valence-corrected chi connectivity index (χ2v) is 5.46. The number of aryl methyl sites for hydroxylation is 2. The summed E-state index contributed by atoms with van der Waals surface area (Å²) >= 11 is 3.38. The molecule has 0 unspecified atom stereocenters. The molecule has 1 aromatic carbocycles. The topological polar surface area (TPSA) is 46.9 Å². The standard InChI is InChI=1S/C14H16BrN3O/c1-9-4-5-10(2)13(6-9)17-14(19)8-18-11(3)12(15)7-16-18/h4-7H,8H2,1-3H3,(H,17,19). The third-order valence-electron chi connectivity index (χ3n) is 3.00. The van der Waals surface area contributed by atoms with E-state index in [-0.39, 0.29) is 12.5 Å². The zero-order chi connectivity index (χ0) is 14.0. The molecule has 0 fully saturated rings. The highest BCUT2D eigenvalue weighted by Gasteiger charge is 2.09. The first-order valence-electron chi connectivity index (χ1n) is 6.02. The quantitative estimate of drug-likeness (QED) is 0.943.